The van der Waals surface area contributed by atoms with E-state index in [0.717, 1.165) is 30.2 Å². The van der Waals surface area contributed by atoms with E-state index in [-0.39, 0.29) is 6.04 Å². The smallest absolute Gasteiger partial charge is 0.0859 e. The molecule has 0 aliphatic carbocycles. The van der Waals surface area contributed by atoms with Gasteiger partial charge in [0, 0.05) is 11.4 Å². The molecular weight excluding hydrogens is 278 g/mol. The zero-order chi connectivity index (χ0) is 13.8. The molecule has 0 amide bonds. The summed E-state index contributed by atoms with van der Waals surface area (Å²) in [7, 11) is 0. The van der Waals surface area contributed by atoms with Crippen molar-refractivity contribution in [2.45, 2.75) is 39.8 Å². The van der Waals surface area contributed by atoms with Gasteiger partial charge in [-0.2, -0.15) is 5.10 Å². The van der Waals surface area contributed by atoms with E-state index in [0.29, 0.717) is 0 Å². The molecule has 19 heavy (non-hydrogen) atoms. The highest BCUT2D eigenvalue weighted by molar-refractivity contribution is 7.10. The van der Waals surface area contributed by atoms with Crippen LogP contribution in [-0.2, 0) is 13.0 Å². The van der Waals surface area contributed by atoms with E-state index in [9.17, 15) is 0 Å². The molecule has 1 atom stereocenters. The van der Waals surface area contributed by atoms with Gasteiger partial charge in [-0.05, 0) is 36.9 Å². The van der Waals surface area contributed by atoms with E-state index in [2.05, 4.69) is 42.6 Å². The fourth-order valence-corrected chi connectivity index (χ4v) is 3.65. The van der Waals surface area contributed by atoms with Gasteiger partial charge >= 0.3 is 0 Å². The summed E-state index contributed by atoms with van der Waals surface area (Å²) in [6.07, 6.45) is 2.78. The monoisotopic (exact) mass is 297 g/mol. The molecule has 0 aliphatic rings. The van der Waals surface area contributed by atoms with Gasteiger partial charge < -0.3 is 5.32 Å². The maximum absolute atomic E-state index is 6.35. The van der Waals surface area contributed by atoms with Crippen LogP contribution in [0.1, 0.15) is 42.9 Å². The lowest BCUT2D eigenvalue weighted by molar-refractivity contribution is 0.545. The second-order valence-corrected chi connectivity index (χ2v) is 5.70. The van der Waals surface area contributed by atoms with Crippen molar-refractivity contribution in [3.05, 3.63) is 38.8 Å². The summed E-state index contributed by atoms with van der Waals surface area (Å²) < 4.78 is 1.98. The van der Waals surface area contributed by atoms with Crippen molar-refractivity contribution < 1.29 is 0 Å². The molecule has 1 unspecified atom stereocenters. The minimum Gasteiger partial charge on any atom is -0.305 e. The molecule has 0 saturated heterocycles. The average molecular weight is 298 g/mol. The number of halogens is 1. The molecule has 2 rings (SSSR count). The van der Waals surface area contributed by atoms with Gasteiger partial charge in [0.1, 0.15) is 0 Å². The maximum Gasteiger partial charge on any atom is 0.0859 e. The van der Waals surface area contributed by atoms with E-state index >= 15 is 0 Å². The molecule has 0 aliphatic heterocycles. The lowest BCUT2D eigenvalue weighted by Gasteiger charge is -2.20. The summed E-state index contributed by atoms with van der Waals surface area (Å²) in [6.45, 7) is 8.12. The van der Waals surface area contributed by atoms with Gasteiger partial charge in [-0.1, -0.05) is 25.4 Å². The molecule has 0 spiro atoms. The molecule has 0 fully saturated rings. The van der Waals surface area contributed by atoms with Crippen LogP contribution in [0.15, 0.2) is 17.6 Å². The van der Waals surface area contributed by atoms with Crippen LogP contribution in [0.3, 0.4) is 0 Å². The van der Waals surface area contributed by atoms with Gasteiger partial charge in [-0.3, -0.25) is 4.68 Å². The quantitative estimate of drug-likeness (QED) is 0.877. The lowest BCUT2D eigenvalue weighted by Crippen LogP contribution is -2.25. The average Bonchev–Trinajstić information content (AvgIpc) is 3.02. The second-order valence-electron chi connectivity index (χ2n) is 4.35. The number of hydrogen-bond donors (Lipinski definition) is 1. The van der Waals surface area contributed by atoms with E-state index in [4.69, 9.17) is 11.6 Å². The third-order valence-electron chi connectivity index (χ3n) is 3.24. The number of thiophene rings is 1. The van der Waals surface area contributed by atoms with Crippen LogP contribution in [0.25, 0.3) is 0 Å². The standard InChI is InChI=1S/C14H20ClN3S/c1-4-10-7-8-19-14(10)12(16-5-2)13-11(15)9-17-18(13)6-3/h7-9,12,16H,4-6H2,1-3H3. The molecule has 2 aromatic heterocycles. The fraction of sp³-hybridized carbons (Fsp3) is 0.500. The zero-order valence-corrected chi connectivity index (χ0v) is 13.2. The van der Waals surface area contributed by atoms with Crippen molar-refractivity contribution >= 4 is 22.9 Å². The van der Waals surface area contributed by atoms with Crippen molar-refractivity contribution in [2.75, 3.05) is 6.54 Å². The molecule has 104 valence electrons. The Morgan fingerprint density at radius 2 is 2.21 bits per heavy atom. The minimum atomic E-state index is 0.134. The van der Waals surface area contributed by atoms with E-state index < -0.39 is 0 Å². The Morgan fingerprint density at radius 3 is 2.84 bits per heavy atom. The van der Waals surface area contributed by atoms with Gasteiger partial charge in [-0.15, -0.1) is 11.3 Å². The highest BCUT2D eigenvalue weighted by atomic mass is 35.5. The lowest BCUT2D eigenvalue weighted by atomic mass is 10.1. The number of aromatic nitrogens is 2. The van der Waals surface area contributed by atoms with Crippen LogP contribution >= 0.6 is 22.9 Å². The van der Waals surface area contributed by atoms with Gasteiger partial charge in [0.15, 0.2) is 0 Å². The Kier molecular flexibility index (Phi) is 5.02. The van der Waals surface area contributed by atoms with Crippen LogP contribution in [0, 0.1) is 0 Å². The highest BCUT2D eigenvalue weighted by Crippen LogP contribution is 2.33. The van der Waals surface area contributed by atoms with E-state index in [1.165, 1.54) is 10.4 Å². The van der Waals surface area contributed by atoms with Gasteiger partial charge in [0.25, 0.3) is 0 Å². The molecule has 3 nitrogen and oxygen atoms in total. The van der Waals surface area contributed by atoms with Crippen LogP contribution in [0.2, 0.25) is 5.02 Å². The first-order valence-corrected chi connectivity index (χ1v) is 7.99. The Bertz CT molecular complexity index is 533. The Hall–Kier alpha value is -0.840. The van der Waals surface area contributed by atoms with Crippen molar-refractivity contribution in [3.63, 3.8) is 0 Å². The third kappa shape index (κ3) is 2.86. The minimum absolute atomic E-state index is 0.134. The van der Waals surface area contributed by atoms with Crippen LogP contribution in [0.5, 0.6) is 0 Å². The van der Waals surface area contributed by atoms with Gasteiger partial charge in [0.05, 0.1) is 23.0 Å². The maximum atomic E-state index is 6.35. The third-order valence-corrected chi connectivity index (χ3v) is 4.55. The molecule has 1 N–H and O–H groups in total. The number of nitrogens with one attached hydrogen (secondary N) is 1. The Morgan fingerprint density at radius 1 is 1.42 bits per heavy atom. The van der Waals surface area contributed by atoms with Crippen molar-refractivity contribution in [1.29, 1.82) is 0 Å². The van der Waals surface area contributed by atoms with E-state index in [1.54, 1.807) is 17.5 Å². The molecule has 0 radical (unpaired) electrons. The summed E-state index contributed by atoms with van der Waals surface area (Å²) in [4.78, 5) is 1.35. The predicted molar refractivity (Wildman–Crippen MR) is 82.1 cm³/mol. The first-order valence-electron chi connectivity index (χ1n) is 6.73. The second kappa shape index (κ2) is 6.55. The number of nitrogens with zero attached hydrogens (tertiary/aromatic N) is 2. The Balaban J connectivity index is 2.48. The molecule has 0 bridgehead atoms. The summed E-state index contributed by atoms with van der Waals surface area (Å²) in [5.74, 6) is 0. The van der Waals surface area contributed by atoms with Crippen molar-refractivity contribution in [3.8, 4) is 0 Å². The van der Waals surface area contributed by atoms with Gasteiger partial charge in [-0.25, -0.2) is 0 Å². The summed E-state index contributed by atoms with van der Waals surface area (Å²) in [6, 6.07) is 2.33. The Labute approximate surface area is 123 Å². The predicted octanol–water partition coefficient (Wildman–Crippen LogP) is 3.88. The summed E-state index contributed by atoms with van der Waals surface area (Å²) >= 11 is 8.13. The summed E-state index contributed by atoms with van der Waals surface area (Å²) in [5, 5.41) is 10.8. The van der Waals surface area contributed by atoms with Crippen molar-refractivity contribution in [1.82, 2.24) is 15.1 Å². The highest BCUT2D eigenvalue weighted by Gasteiger charge is 2.23. The molecule has 5 heteroatoms. The SMILES string of the molecule is CCNC(c1sccc1CC)c1c(Cl)cnn1CC. The van der Waals surface area contributed by atoms with Crippen molar-refractivity contribution in [2.24, 2.45) is 0 Å². The van der Waals surface area contributed by atoms with Crippen LogP contribution < -0.4 is 5.32 Å². The fourth-order valence-electron chi connectivity index (χ4n) is 2.32. The molecule has 0 saturated carbocycles. The van der Waals surface area contributed by atoms with E-state index in [1.807, 2.05) is 4.68 Å². The zero-order valence-electron chi connectivity index (χ0n) is 11.6. The normalized spacial score (nSPS) is 12.8. The first-order chi connectivity index (χ1) is 9.22. The topological polar surface area (TPSA) is 29.9 Å². The number of hydrogen-bond acceptors (Lipinski definition) is 3. The number of aryl methyl sites for hydroxylation is 2. The van der Waals surface area contributed by atoms with Gasteiger partial charge in [0.2, 0.25) is 0 Å². The molecule has 2 heterocycles. The molecular formula is C14H20ClN3S. The number of rotatable bonds is 6. The molecule has 2 aromatic rings. The summed E-state index contributed by atoms with van der Waals surface area (Å²) in [5.41, 5.74) is 2.46. The van der Waals surface area contributed by atoms with Crippen LogP contribution in [-0.4, -0.2) is 16.3 Å². The largest absolute Gasteiger partial charge is 0.305 e. The first kappa shape index (κ1) is 14.6. The van der Waals surface area contributed by atoms with Crippen LogP contribution in [0.4, 0.5) is 0 Å². The molecule has 0 aromatic carbocycles.